The maximum atomic E-state index is 13.3. The lowest BCUT2D eigenvalue weighted by Gasteiger charge is -2.45. The molecule has 2 amide bonds. The summed E-state index contributed by atoms with van der Waals surface area (Å²) in [6.07, 6.45) is 10.9. The van der Waals surface area contributed by atoms with Crippen LogP contribution in [0, 0.1) is 28.4 Å². The Kier molecular flexibility index (Phi) is 12.3. The molecule has 5 heterocycles. The summed E-state index contributed by atoms with van der Waals surface area (Å²) >= 11 is 0. The number of fused-ring (bicyclic) bond motifs is 4. The smallest absolute Gasteiger partial charge is 0.269 e. The second-order valence-electron chi connectivity index (χ2n) is 17.0. The van der Waals surface area contributed by atoms with Crippen molar-refractivity contribution in [3.8, 4) is 22.8 Å². The Morgan fingerprint density at radius 2 is 1.84 bits per heavy atom. The summed E-state index contributed by atoms with van der Waals surface area (Å²) in [6.45, 7) is 8.61. The SMILES string of the molecule is Cc1nc(-c2ncn[nH]2)ccc1-c1cnc2c(n1)N(CCCOCCCCCc1ccc(C(=O)NCC(C)(C)C3Nc4ccc([N+](=O)[O-])cc4C4CCCC43)cc1)C(=O)CN2. The van der Waals surface area contributed by atoms with Crippen LogP contribution in [-0.2, 0) is 16.0 Å². The van der Waals surface area contributed by atoms with E-state index in [0.717, 1.165) is 67.5 Å². The highest BCUT2D eigenvalue weighted by Gasteiger charge is 2.46. The summed E-state index contributed by atoms with van der Waals surface area (Å²) in [7, 11) is 0. The Morgan fingerprint density at radius 3 is 2.62 bits per heavy atom. The Labute approximate surface area is 354 Å². The summed E-state index contributed by atoms with van der Waals surface area (Å²) in [6, 6.07) is 17.0. The minimum absolute atomic E-state index is 0.0628. The first-order valence-corrected chi connectivity index (χ1v) is 21.3. The van der Waals surface area contributed by atoms with Gasteiger partial charge in [-0.1, -0.05) is 38.8 Å². The number of pyridine rings is 1. The van der Waals surface area contributed by atoms with Crippen LogP contribution in [0.4, 0.5) is 23.0 Å². The molecule has 0 radical (unpaired) electrons. The molecular weight excluding hydrogens is 775 g/mol. The number of aromatic amines is 1. The molecule has 8 rings (SSSR count). The third kappa shape index (κ3) is 9.23. The van der Waals surface area contributed by atoms with Gasteiger partial charge in [0.2, 0.25) is 5.91 Å². The van der Waals surface area contributed by atoms with Gasteiger partial charge >= 0.3 is 0 Å². The fourth-order valence-electron chi connectivity index (χ4n) is 9.12. The molecule has 3 unspecified atom stereocenters. The van der Waals surface area contributed by atoms with Crippen molar-refractivity contribution in [2.75, 3.05) is 48.4 Å². The predicted octanol–water partition coefficient (Wildman–Crippen LogP) is 7.25. The van der Waals surface area contributed by atoms with Crippen molar-refractivity contribution < 1.29 is 19.2 Å². The van der Waals surface area contributed by atoms with Gasteiger partial charge in [0.25, 0.3) is 11.6 Å². The Hall–Kier alpha value is -6.29. The Morgan fingerprint density at radius 1 is 1.00 bits per heavy atom. The van der Waals surface area contributed by atoms with Crippen LogP contribution in [0.25, 0.3) is 22.8 Å². The van der Waals surface area contributed by atoms with Gasteiger partial charge < -0.3 is 20.7 Å². The molecule has 2 aliphatic heterocycles. The van der Waals surface area contributed by atoms with E-state index in [4.69, 9.17) is 9.72 Å². The number of anilines is 3. The predicted molar refractivity (Wildman–Crippen MR) is 232 cm³/mol. The van der Waals surface area contributed by atoms with Gasteiger partial charge in [0.05, 0.1) is 23.4 Å². The number of non-ortho nitro benzene ring substituents is 1. The molecule has 4 N–H and O–H groups in total. The highest BCUT2D eigenvalue weighted by Crippen LogP contribution is 2.52. The molecule has 3 aliphatic rings. The van der Waals surface area contributed by atoms with Crippen molar-refractivity contribution in [3.05, 3.63) is 99.6 Å². The number of carbonyl (C=O) groups excluding carboxylic acids is 2. The van der Waals surface area contributed by atoms with Crippen molar-refractivity contribution in [2.45, 2.75) is 84.1 Å². The van der Waals surface area contributed by atoms with Gasteiger partial charge in [0.1, 0.15) is 12.0 Å². The number of nitrogens with zero attached hydrogens (tertiary/aromatic N) is 7. The Bertz CT molecular complexity index is 2370. The zero-order valence-electron chi connectivity index (χ0n) is 34.9. The van der Waals surface area contributed by atoms with Gasteiger partial charge in [-0.25, -0.2) is 19.9 Å². The number of hydrogen-bond donors (Lipinski definition) is 4. The number of nitrogens with one attached hydrogen (secondary N) is 4. The highest BCUT2D eigenvalue weighted by atomic mass is 16.6. The van der Waals surface area contributed by atoms with E-state index < -0.39 is 0 Å². The zero-order chi connectivity index (χ0) is 42.5. The molecule has 318 valence electrons. The fourth-order valence-corrected chi connectivity index (χ4v) is 9.12. The number of amides is 2. The fraction of sp³-hybridized carbons (Fsp3) is 0.444. The van der Waals surface area contributed by atoms with Crippen LogP contribution in [-0.4, -0.2) is 85.8 Å². The van der Waals surface area contributed by atoms with E-state index in [1.165, 1.54) is 11.9 Å². The number of nitro benzene ring substituents is 1. The summed E-state index contributed by atoms with van der Waals surface area (Å²) in [5.41, 5.74) is 6.63. The van der Waals surface area contributed by atoms with Crippen LogP contribution in [0.5, 0.6) is 0 Å². The lowest BCUT2D eigenvalue weighted by atomic mass is 9.69. The molecule has 5 aromatic rings. The van der Waals surface area contributed by atoms with E-state index >= 15 is 0 Å². The number of aromatic nitrogens is 6. The number of ether oxygens (including phenoxy) is 1. The van der Waals surface area contributed by atoms with Crippen molar-refractivity contribution in [3.63, 3.8) is 0 Å². The zero-order valence-corrected chi connectivity index (χ0v) is 34.9. The standard InChI is InChI=1S/C45H53N11O5/c1-28-32(17-19-37(51-28)41-49-27-50-54-41)38-24-46-42-43(53-38)55(39(57)25-47-42)20-8-22-61-21-6-4-5-9-29-12-14-30(15-13-29)44(58)48-26-45(2,3)40-34-11-7-10-33(34)35-23-31(56(59)60)16-18-36(35)52-40/h12-19,23-24,27,33-34,40,52H,4-11,20-22,25-26H2,1-3H3,(H,46,47)(H,48,58)(H,49,50,54). The molecule has 3 atom stereocenters. The quantitative estimate of drug-likeness (QED) is 0.0416. The van der Waals surface area contributed by atoms with Crippen LogP contribution >= 0.6 is 0 Å². The molecule has 0 bridgehead atoms. The number of benzene rings is 2. The molecule has 0 saturated heterocycles. The van der Waals surface area contributed by atoms with E-state index in [0.29, 0.717) is 73.1 Å². The molecule has 3 aromatic heterocycles. The van der Waals surface area contributed by atoms with Crippen molar-refractivity contribution in [2.24, 2.45) is 11.3 Å². The normalized spacial score (nSPS) is 18.1. The first-order valence-electron chi connectivity index (χ1n) is 21.3. The highest BCUT2D eigenvalue weighted by molar-refractivity contribution is 6.01. The summed E-state index contributed by atoms with van der Waals surface area (Å²) in [5.74, 6) is 2.16. The molecule has 1 fully saturated rings. The van der Waals surface area contributed by atoms with E-state index in [9.17, 15) is 19.7 Å². The van der Waals surface area contributed by atoms with Crippen LogP contribution in [0.2, 0.25) is 0 Å². The van der Waals surface area contributed by atoms with Crippen molar-refractivity contribution in [1.82, 2.24) is 35.5 Å². The average molecular weight is 828 g/mol. The summed E-state index contributed by atoms with van der Waals surface area (Å²) in [5, 5.41) is 28.2. The molecule has 2 aromatic carbocycles. The molecular formula is C45H53N11O5. The number of H-pyrrole nitrogens is 1. The van der Waals surface area contributed by atoms with Crippen LogP contribution in [0.15, 0.2) is 67.1 Å². The van der Waals surface area contributed by atoms with Crippen LogP contribution in [0.1, 0.15) is 91.9 Å². The van der Waals surface area contributed by atoms with E-state index in [1.54, 1.807) is 23.2 Å². The maximum absolute atomic E-state index is 13.3. The van der Waals surface area contributed by atoms with E-state index in [2.05, 4.69) is 54.9 Å². The van der Waals surface area contributed by atoms with Gasteiger partial charge in [-0.15, -0.1) is 0 Å². The molecule has 16 heteroatoms. The van der Waals surface area contributed by atoms with Crippen LogP contribution < -0.4 is 20.9 Å². The molecule has 1 saturated carbocycles. The van der Waals surface area contributed by atoms with Crippen molar-refractivity contribution in [1.29, 1.82) is 0 Å². The number of hydrogen-bond acceptors (Lipinski definition) is 12. The van der Waals surface area contributed by atoms with Gasteiger partial charge in [0, 0.05) is 72.4 Å². The average Bonchev–Trinajstić information content (AvgIpc) is 3.99. The van der Waals surface area contributed by atoms with E-state index in [1.807, 2.05) is 49.4 Å². The topological polar surface area (TPSA) is 206 Å². The second-order valence-corrected chi connectivity index (χ2v) is 17.0. The minimum atomic E-state index is -0.321. The Balaban J connectivity index is 0.740. The molecule has 16 nitrogen and oxygen atoms in total. The van der Waals surface area contributed by atoms with Gasteiger partial charge in [-0.3, -0.25) is 29.7 Å². The van der Waals surface area contributed by atoms with Gasteiger partial charge in [0.15, 0.2) is 17.5 Å². The number of rotatable bonds is 17. The molecule has 1 aliphatic carbocycles. The van der Waals surface area contributed by atoms with Gasteiger partial charge in [-0.05, 0) is 98.7 Å². The first-order chi connectivity index (χ1) is 29.6. The number of aryl methyl sites for hydroxylation is 2. The number of carbonyl (C=O) groups is 2. The minimum Gasteiger partial charge on any atom is -0.381 e. The molecule has 61 heavy (non-hydrogen) atoms. The number of nitro groups is 1. The second kappa shape index (κ2) is 18.1. The van der Waals surface area contributed by atoms with Crippen LogP contribution in [0.3, 0.4) is 0 Å². The number of unbranched alkanes of at least 4 members (excludes halogenated alkanes) is 2. The summed E-state index contributed by atoms with van der Waals surface area (Å²) in [4.78, 5) is 57.3. The third-order valence-electron chi connectivity index (χ3n) is 12.4. The maximum Gasteiger partial charge on any atom is 0.269 e. The molecule has 0 spiro atoms. The first kappa shape index (κ1) is 41.4. The van der Waals surface area contributed by atoms with Gasteiger partial charge in [-0.2, -0.15) is 5.10 Å². The third-order valence-corrected chi connectivity index (χ3v) is 12.4. The summed E-state index contributed by atoms with van der Waals surface area (Å²) < 4.78 is 5.95. The van der Waals surface area contributed by atoms with E-state index in [-0.39, 0.29) is 46.3 Å². The lowest BCUT2D eigenvalue weighted by Crippen LogP contribution is -2.51. The monoisotopic (exact) mass is 827 g/mol. The van der Waals surface area contributed by atoms with Crippen molar-refractivity contribution >= 4 is 34.8 Å². The largest absolute Gasteiger partial charge is 0.381 e. The lowest BCUT2D eigenvalue weighted by molar-refractivity contribution is -0.384.